The molecule has 0 aliphatic carbocycles. The summed E-state index contributed by atoms with van der Waals surface area (Å²) < 4.78 is 70.3. The number of hydrogen-bond acceptors (Lipinski definition) is 6. The van der Waals surface area contributed by atoms with Crippen LogP contribution in [0.25, 0.3) is 0 Å². The monoisotopic (exact) mass is 732 g/mol. The molecule has 2 amide bonds. The molecule has 1 saturated heterocycles. The Morgan fingerprint density at radius 1 is 0.936 bits per heavy atom. The zero-order chi connectivity index (χ0) is 33.2. The van der Waals surface area contributed by atoms with Crippen molar-refractivity contribution in [2.24, 2.45) is 4.99 Å². The van der Waals surface area contributed by atoms with Crippen molar-refractivity contribution in [3.63, 3.8) is 0 Å². The molecule has 0 N–H and O–H groups in total. The number of piperazine rings is 1. The molecule has 15 heteroatoms. The highest BCUT2D eigenvalue weighted by atomic mass is 35.5. The van der Waals surface area contributed by atoms with Gasteiger partial charge in [-0.3, -0.25) is 14.8 Å². The van der Waals surface area contributed by atoms with E-state index in [2.05, 4.69) is 0 Å². The van der Waals surface area contributed by atoms with Gasteiger partial charge in [0, 0.05) is 49.0 Å². The number of amidine groups is 1. The van der Waals surface area contributed by atoms with Crippen LogP contribution in [0.4, 0.5) is 18.0 Å². The van der Waals surface area contributed by atoms with Crippen LogP contribution in [-0.4, -0.2) is 86.3 Å². The van der Waals surface area contributed by atoms with Crippen LogP contribution < -0.4 is 4.74 Å². The standard InChI is InChI=1S/C32H33Cl2F3N4O4S.ClH/c1-3-45-27-20-23(32(35,36)37)8-13-26(27)30-38-28(21-4-9-24(33)10-5-21)29(22-6-11-25(34)12-7-22)41(30)31(42)40-16-14-39(15-17-40)18-19-46(2,43)44;/h4-13,20,28-29H,3,14-19H2,1-2H3;1H. The SMILES string of the molecule is CCOc1cc(C(F)(F)F)ccc1C1=NC(c2ccc(Cl)cc2)C(c2ccc(Cl)cc2)N1C(=O)N1CCN(CCS(C)(=O)=O)CC1.Cl. The highest BCUT2D eigenvalue weighted by Crippen LogP contribution is 2.46. The first-order valence-electron chi connectivity index (χ1n) is 14.7. The van der Waals surface area contributed by atoms with Gasteiger partial charge in [0.25, 0.3) is 0 Å². The molecule has 0 bridgehead atoms. The van der Waals surface area contributed by atoms with Gasteiger partial charge in [-0.15, -0.1) is 12.4 Å². The molecule has 3 aromatic carbocycles. The lowest BCUT2D eigenvalue weighted by Gasteiger charge is -2.39. The summed E-state index contributed by atoms with van der Waals surface area (Å²) in [5.41, 5.74) is 0.816. The molecule has 0 saturated carbocycles. The summed E-state index contributed by atoms with van der Waals surface area (Å²) in [7, 11) is -3.15. The van der Waals surface area contributed by atoms with E-state index in [0.29, 0.717) is 48.3 Å². The fraction of sp³-hybridized carbons (Fsp3) is 0.375. The molecule has 2 aliphatic heterocycles. The van der Waals surface area contributed by atoms with Crippen molar-refractivity contribution in [2.75, 3.05) is 51.3 Å². The fourth-order valence-corrected chi connectivity index (χ4v) is 6.46. The largest absolute Gasteiger partial charge is 0.493 e. The summed E-state index contributed by atoms with van der Waals surface area (Å²) in [5, 5.41) is 1.01. The molecule has 0 aromatic heterocycles. The second kappa shape index (κ2) is 15.0. The first-order valence-corrected chi connectivity index (χ1v) is 17.5. The number of halogens is 6. The van der Waals surface area contributed by atoms with E-state index < -0.39 is 33.7 Å². The topological polar surface area (TPSA) is 82.5 Å². The Balaban J connectivity index is 0.00000500. The van der Waals surface area contributed by atoms with E-state index in [1.807, 2.05) is 17.0 Å². The van der Waals surface area contributed by atoms with E-state index in [9.17, 15) is 26.4 Å². The van der Waals surface area contributed by atoms with Crippen LogP contribution in [0.5, 0.6) is 5.75 Å². The number of hydrogen-bond donors (Lipinski definition) is 0. The quantitative estimate of drug-likeness (QED) is 0.246. The predicted molar refractivity (Wildman–Crippen MR) is 180 cm³/mol. The van der Waals surface area contributed by atoms with Crippen LogP contribution in [0.3, 0.4) is 0 Å². The normalized spacial score (nSPS) is 18.9. The zero-order valence-electron chi connectivity index (χ0n) is 25.6. The average molecular weight is 734 g/mol. The van der Waals surface area contributed by atoms with Crippen LogP contribution in [0, 0.1) is 0 Å². The van der Waals surface area contributed by atoms with Crippen molar-refractivity contribution in [1.82, 2.24) is 14.7 Å². The van der Waals surface area contributed by atoms with E-state index in [1.165, 1.54) is 17.2 Å². The highest BCUT2D eigenvalue weighted by Gasteiger charge is 2.45. The highest BCUT2D eigenvalue weighted by molar-refractivity contribution is 7.90. The van der Waals surface area contributed by atoms with Crippen molar-refractivity contribution in [3.05, 3.63) is 99.0 Å². The maximum absolute atomic E-state index is 14.6. The van der Waals surface area contributed by atoms with Crippen LogP contribution in [-0.2, 0) is 16.0 Å². The summed E-state index contributed by atoms with van der Waals surface area (Å²) in [6.45, 7) is 3.66. The van der Waals surface area contributed by atoms with Gasteiger partial charge in [0.15, 0.2) is 0 Å². The number of amides is 2. The number of sulfone groups is 1. The summed E-state index contributed by atoms with van der Waals surface area (Å²) in [5.74, 6) is 0.132. The maximum Gasteiger partial charge on any atom is 0.416 e. The third kappa shape index (κ3) is 8.72. The number of nitrogens with zero attached hydrogens (tertiary/aromatic N) is 4. The number of aliphatic imine (C=N–C) groups is 1. The first kappa shape index (κ1) is 36.8. The molecular formula is C32H34Cl3F3N4O4S. The predicted octanol–water partition coefficient (Wildman–Crippen LogP) is 7.16. The van der Waals surface area contributed by atoms with Gasteiger partial charge in [0.1, 0.15) is 27.5 Å². The lowest BCUT2D eigenvalue weighted by atomic mass is 9.93. The molecule has 0 radical (unpaired) electrons. The Morgan fingerprint density at radius 3 is 2.04 bits per heavy atom. The Hall–Kier alpha value is -3.03. The average Bonchev–Trinajstić information content (AvgIpc) is 3.40. The molecule has 1 fully saturated rings. The Morgan fingerprint density at radius 2 is 1.51 bits per heavy atom. The van der Waals surface area contributed by atoms with Crippen LogP contribution in [0.15, 0.2) is 71.7 Å². The number of ether oxygens (including phenoxy) is 1. The number of alkyl halides is 3. The molecule has 8 nitrogen and oxygen atoms in total. The first-order chi connectivity index (χ1) is 21.7. The lowest BCUT2D eigenvalue weighted by molar-refractivity contribution is -0.137. The van der Waals surface area contributed by atoms with Gasteiger partial charge in [-0.1, -0.05) is 47.5 Å². The summed E-state index contributed by atoms with van der Waals surface area (Å²) in [6.07, 6.45) is -3.42. The fourth-order valence-electron chi connectivity index (χ4n) is 5.62. The minimum atomic E-state index is -4.61. The third-order valence-corrected chi connectivity index (χ3v) is 9.39. The number of carbonyl (C=O) groups excluding carboxylic acids is 1. The van der Waals surface area contributed by atoms with Crippen LogP contribution in [0.1, 0.15) is 41.3 Å². The third-order valence-electron chi connectivity index (χ3n) is 7.97. The Bertz CT molecular complexity index is 1700. The molecular weight excluding hydrogens is 700 g/mol. The number of benzene rings is 3. The van der Waals surface area contributed by atoms with E-state index in [-0.39, 0.29) is 47.9 Å². The van der Waals surface area contributed by atoms with Gasteiger partial charge in [-0.25, -0.2) is 13.2 Å². The molecule has 3 aromatic rings. The van der Waals surface area contributed by atoms with Gasteiger partial charge in [-0.05, 0) is 60.5 Å². The van der Waals surface area contributed by atoms with E-state index in [0.717, 1.165) is 17.7 Å². The second-order valence-electron chi connectivity index (χ2n) is 11.2. The summed E-state index contributed by atoms with van der Waals surface area (Å²) in [6, 6.07) is 15.5. The molecule has 2 heterocycles. The van der Waals surface area contributed by atoms with Crippen molar-refractivity contribution < 1.29 is 31.1 Å². The van der Waals surface area contributed by atoms with Gasteiger partial charge >= 0.3 is 12.2 Å². The lowest BCUT2D eigenvalue weighted by Crippen LogP contribution is -2.54. The van der Waals surface area contributed by atoms with Gasteiger partial charge in [-0.2, -0.15) is 13.2 Å². The summed E-state index contributed by atoms with van der Waals surface area (Å²) >= 11 is 12.4. The molecule has 47 heavy (non-hydrogen) atoms. The molecule has 0 spiro atoms. The van der Waals surface area contributed by atoms with Crippen molar-refractivity contribution >= 4 is 57.3 Å². The van der Waals surface area contributed by atoms with Crippen LogP contribution >= 0.6 is 35.6 Å². The van der Waals surface area contributed by atoms with Crippen LogP contribution in [0.2, 0.25) is 10.0 Å². The number of carbonyl (C=O) groups is 1. The van der Waals surface area contributed by atoms with Gasteiger partial charge in [0.05, 0.1) is 29.5 Å². The minimum Gasteiger partial charge on any atom is -0.493 e. The summed E-state index contributed by atoms with van der Waals surface area (Å²) in [4.78, 5) is 24.8. The molecule has 5 rings (SSSR count). The second-order valence-corrected chi connectivity index (χ2v) is 14.3. The minimum absolute atomic E-state index is 0. The molecule has 254 valence electrons. The van der Waals surface area contributed by atoms with Crippen molar-refractivity contribution in [2.45, 2.75) is 25.2 Å². The van der Waals surface area contributed by atoms with E-state index in [1.54, 1.807) is 48.2 Å². The smallest absolute Gasteiger partial charge is 0.416 e. The van der Waals surface area contributed by atoms with E-state index in [4.69, 9.17) is 32.9 Å². The van der Waals surface area contributed by atoms with E-state index >= 15 is 0 Å². The maximum atomic E-state index is 14.6. The van der Waals surface area contributed by atoms with Gasteiger partial charge in [0.2, 0.25) is 0 Å². The molecule has 2 atom stereocenters. The number of rotatable bonds is 8. The number of urea groups is 1. The van der Waals surface area contributed by atoms with Crippen molar-refractivity contribution in [1.29, 1.82) is 0 Å². The Kier molecular flexibility index (Phi) is 11.8. The van der Waals surface area contributed by atoms with Gasteiger partial charge < -0.3 is 9.64 Å². The zero-order valence-corrected chi connectivity index (χ0v) is 28.7. The Labute approximate surface area is 288 Å². The molecule has 2 aliphatic rings. The van der Waals surface area contributed by atoms with Crippen molar-refractivity contribution in [3.8, 4) is 5.75 Å². The molecule has 2 unspecified atom stereocenters.